The van der Waals surface area contributed by atoms with Gasteiger partial charge >= 0.3 is 0 Å². The molecule has 90 valence electrons. The van der Waals surface area contributed by atoms with Gasteiger partial charge in [-0.3, -0.25) is 0 Å². The maximum absolute atomic E-state index is 9.45. The molecule has 2 heteroatoms. The molecule has 2 rings (SSSR count). The first-order chi connectivity index (χ1) is 8.17. The van der Waals surface area contributed by atoms with E-state index in [1.54, 1.807) is 0 Å². The van der Waals surface area contributed by atoms with Crippen LogP contribution in [0.3, 0.4) is 0 Å². The molecule has 17 heavy (non-hydrogen) atoms. The number of hydrogen-bond donors (Lipinski definition) is 0. The van der Waals surface area contributed by atoms with Crippen molar-refractivity contribution < 1.29 is 4.74 Å². The summed E-state index contributed by atoms with van der Waals surface area (Å²) in [5.41, 5.74) is 3.57. The van der Waals surface area contributed by atoms with Gasteiger partial charge in [-0.25, -0.2) is 0 Å². The second-order valence-corrected chi connectivity index (χ2v) is 5.10. The van der Waals surface area contributed by atoms with Crippen LogP contribution in [-0.4, -0.2) is 13.2 Å². The van der Waals surface area contributed by atoms with Crippen molar-refractivity contribution in [3.8, 4) is 6.07 Å². The lowest BCUT2D eigenvalue weighted by Gasteiger charge is -2.31. The zero-order valence-electron chi connectivity index (χ0n) is 10.6. The maximum atomic E-state index is 9.45. The van der Waals surface area contributed by atoms with Crippen molar-refractivity contribution in [2.45, 2.75) is 33.1 Å². The average Bonchev–Trinajstić information content (AvgIpc) is 2.35. The van der Waals surface area contributed by atoms with E-state index < -0.39 is 0 Å². The number of ether oxygens (including phenoxy) is 1. The van der Waals surface area contributed by atoms with Crippen molar-refractivity contribution >= 4 is 0 Å². The van der Waals surface area contributed by atoms with Crippen LogP contribution in [0.5, 0.6) is 0 Å². The van der Waals surface area contributed by atoms with Crippen molar-refractivity contribution in [3.63, 3.8) is 0 Å². The minimum atomic E-state index is -0.310. The summed E-state index contributed by atoms with van der Waals surface area (Å²) >= 11 is 0. The van der Waals surface area contributed by atoms with E-state index in [1.165, 1.54) is 16.7 Å². The Hall–Kier alpha value is -1.33. The Morgan fingerprint density at radius 2 is 2.06 bits per heavy atom. The van der Waals surface area contributed by atoms with Crippen LogP contribution in [0.1, 0.15) is 29.5 Å². The lowest BCUT2D eigenvalue weighted by Crippen LogP contribution is -2.33. The lowest BCUT2D eigenvalue weighted by molar-refractivity contribution is 0.0222. The summed E-state index contributed by atoms with van der Waals surface area (Å²) in [7, 11) is 0. The summed E-state index contributed by atoms with van der Waals surface area (Å²) in [6.45, 7) is 5.63. The second-order valence-electron chi connectivity index (χ2n) is 5.10. The molecule has 0 amide bonds. The molecule has 1 aromatic carbocycles. The number of aryl methyl sites for hydroxylation is 2. The third-order valence-corrected chi connectivity index (χ3v) is 3.72. The quantitative estimate of drug-likeness (QED) is 0.780. The third-order valence-electron chi connectivity index (χ3n) is 3.72. The maximum Gasteiger partial charge on any atom is 0.0848 e. The molecular weight excluding hydrogens is 210 g/mol. The number of rotatable bonds is 2. The van der Waals surface area contributed by atoms with Gasteiger partial charge in [-0.15, -0.1) is 0 Å². The largest absolute Gasteiger partial charge is 0.380 e. The van der Waals surface area contributed by atoms with Gasteiger partial charge in [-0.1, -0.05) is 18.2 Å². The van der Waals surface area contributed by atoms with Crippen LogP contribution in [0.15, 0.2) is 18.2 Å². The Kier molecular flexibility index (Phi) is 3.49. The Bertz CT molecular complexity index is 418. The Balaban J connectivity index is 2.27. The minimum absolute atomic E-state index is 0.310. The minimum Gasteiger partial charge on any atom is -0.380 e. The zero-order valence-corrected chi connectivity index (χ0v) is 10.6. The van der Waals surface area contributed by atoms with E-state index in [2.05, 4.69) is 38.1 Å². The molecule has 0 saturated carbocycles. The molecular formula is C15H19NO. The predicted octanol–water partition coefficient (Wildman–Crippen LogP) is 3.17. The van der Waals surface area contributed by atoms with Crippen LogP contribution in [-0.2, 0) is 11.2 Å². The summed E-state index contributed by atoms with van der Waals surface area (Å²) in [5, 5.41) is 9.45. The molecule has 1 unspecified atom stereocenters. The normalized spacial score (nSPS) is 24.3. The van der Waals surface area contributed by atoms with Gasteiger partial charge in [0.2, 0.25) is 0 Å². The molecule has 0 bridgehead atoms. The molecule has 0 aromatic heterocycles. The van der Waals surface area contributed by atoms with E-state index in [0.29, 0.717) is 6.61 Å². The van der Waals surface area contributed by atoms with Crippen LogP contribution < -0.4 is 0 Å². The molecule has 1 heterocycles. The summed E-state index contributed by atoms with van der Waals surface area (Å²) in [6, 6.07) is 8.81. The summed E-state index contributed by atoms with van der Waals surface area (Å²) in [4.78, 5) is 0. The summed E-state index contributed by atoms with van der Waals surface area (Å²) < 4.78 is 5.51. The number of nitrogens with zero attached hydrogens (tertiary/aromatic N) is 1. The highest BCUT2D eigenvalue weighted by Crippen LogP contribution is 2.33. The van der Waals surface area contributed by atoms with Crippen molar-refractivity contribution in [3.05, 3.63) is 34.9 Å². The van der Waals surface area contributed by atoms with Gasteiger partial charge in [0.25, 0.3) is 0 Å². The second kappa shape index (κ2) is 4.89. The molecule has 0 aliphatic carbocycles. The van der Waals surface area contributed by atoms with Gasteiger partial charge in [-0.05, 0) is 49.8 Å². The monoisotopic (exact) mass is 229 g/mol. The van der Waals surface area contributed by atoms with Crippen LogP contribution in [0.4, 0.5) is 0 Å². The molecule has 2 nitrogen and oxygen atoms in total. The fraction of sp³-hybridized carbons (Fsp3) is 0.533. The van der Waals surface area contributed by atoms with E-state index in [-0.39, 0.29) is 5.41 Å². The molecule has 1 atom stereocenters. The standard InChI is InChI=1S/C15H19NO/c1-12-5-3-6-13(2)14(12)9-15(10-16)7-4-8-17-11-15/h3,5-6H,4,7-9,11H2,1-2H3. The topological polar surface area (TPSA) is 33.0 Å². The van der Waals surface area contributed by atoms with Gasteiger partial charge in [0.1, 0.15) is 0 Å². The van der Waals surface area contributed by atoms with E-state index in [9.17, 15) is 5.26 Å². The predicted molar refractivity (Wildman–Crippen MR) is 67.7 cm³/mol. The SMILES string of the molecule is Cc1cccc(C)c1CC1(C#N)CCCOC1. The lowest BCUT2D eigenvalue weighted by atomic mass is 9.77. The van der Waals surface area contributed by atoms with Crippen LogP contribution >= 0.6 is 0 Å². The highest BCUT2D eigenvalue weighted by molar-refractivity contribution is 5.35. The first-order valence-electron chi connectivity index (χ1n) is 6.21. The van der Waals surface area contributed by atoms with E-state index >= 15 is 0 Å². The third kappa shape index (κ3) is 2.50. The Labute approximate surface area is 103 Å². The van der Waals surface area contributed by atoms with Gasteiger partial charge in [0.15, 0.2) is 0 Å². The van der Waals surface area contributed by atoms with E-state index in [1.807, 2.05) is 0 Å². The first kappa shape index (κ1) is 12.1. The smallest absolute Gasteiger partial charge is 0.0848 e. The van der Waals surface area contributed by atoms with Crippen molar-refractivity contribution in [2.24, 2.45) is 5.41 Å². The highest BCUT2D eigenvalue weighted by atomic mass is 16.5. The number of nitriles is 1. The number of hydrogen-bond acceptors (Lipinski definition) is 2. The first-order valence-corrected chi connectivity index (χ1v) is 6.21. The van der Waals surface area contributed by atoms with Crippen LogP contribution in [0.25, 0.3) is 0 Å². The molecule has 1 aliphatic rings. The number of benzene rings is 1. The highest BCUT2D eigenvalue weighted by Gasteiger charge is 2.33. The molecule has 1 aromatic rings. The summed E-state index contributed by atoms with van der Waals surface area (Å²) in [5.74, 6) is 0. The fourth-order valence-electron chi connectivity index (χ4n) is 2.59. The van der Waals surface area contributed by atoms with Crippen molar-refractivity contribution in [2.75, 3.05) is 13.2 Å². The fourth-order valence-corrected chi connectivity index (χ4v) is 2.59. The van der Waals surface area contributed by atoms with Gasteiger partial charge in [0.05, 0.1) is 18.1 Å². The molecule has 1 aliphatic heterocycles. The Morgan fingerprint density at radius 1 is 1.35 bits per heavy atom. The molecule has 0 N–H and O–H groups in total. The van der Waals surface area contributed by atoms with Gasteiger partial charge in [0, 0.05) is 6.61 Å². The van der Waals surface area contributed by atoms with Crippen LogP contribution in [0.2, 0.25) is 0 Å². The van der Waals surface area contributed by atoms with Gasteiger partial charge < -0.3 is 4.74 Å². The molecule has 1 saturated heterocycles. The van der Waals surface area contributed by atoms with Crippen molar-refractivity contribution in [1.29, 1.82) is 5.26 Å². The summed E-state index contributed by atoms with van der Waals surface area (Å²) in [6.07, 6.45) is 2.78. The molecule has 1 fully saturated rings. The van der Waals surface area contributed by atoms with Crippen LogP contribution in [0, 0.1) is 30.6 Å². The molecule has 0 spiro atoms. The van der Waals surface area contributed by atoms with Crippen molar-refractivity contribution in [1.82, 2.24) is 0 Å². The van der Waals surface area contributed by atoms with Gasteiger partial charge in [-0.2, -0.15) is 5.26 Å². The zero-order chi connectivity index (χ0) is 12.3. The van der Waals surface area contributed by atoms with E-state index in [0.717, 1.165) is 25.9 Å². The molecule has 0 radical (unpaired) electrons. The average molecular weight is 229 g/mol. The Morgan fingerprint density at radius 3 is 2.59 bits per heavy atom. The van der Waals surface area contributed by atoms with E-state index in [4.69, 9.17) is 4.74 Å².